The highest BCUT2D eigenvalue weighted by Gasteiger charge is 2.32. The summed E-state index contributed by atoms with van der Waals surface area (Å²) in [6.45, 7) is 0. The SMILES string of the molecule is c1ccc(-c2cc(-c3cccc(-c4ccccc4-c4cc(-c5ccccc5)c5c(c4-c4ccccc4)-c4cccc6cccc-5c46)c3)c(-c3ccccc3)c3c2-c2cccc4cccc-3c24)cc1. The molecule has 2 aliphatic carbocycles. The first-order valence-corrected chi connectivity index (χ1v) is 23.7. The van der Waals surface area contributed by atoms with E-state index in [0.29, 0.717) is 0 Å². The molecule has 0 heteroatoms. The summed E-state index contributed by atoms with van der Waals surface area (Å²) in [5, 5.41) is 5.20. The largest absolute Gasteiger partial charge is 0.0622 e. The zero-order valence-electron chi connectivity index (χ0n) is 37.2. The quantitative estimate of drug-likeness (QED) is 0.150. The third kappa shape index (κ3) is 5.81. The van der Waals surface area contributed by atoms with Crippen LogP contribution in [0.25, 0.3) is 144 Å². The average molecular weight is 859 g/mol. The van der Waals surface area contributed by atoms with E-state index in [-0.39, 0.29) is 0 Å². The summed E-state index contributed by atoms with van der Waals surface area (Å²) in [7, 11) is 0. The van der Waals surface area contributed by atoms with Gasteiger partial charge in [-0.25, -0.2) is 0 Å². The van der Waals surface area contributed by atoms with Crippen molar-refractivity contribution in [3.8, 4) is 122 Å². The fourth-order valence-corrected chi connectivity index (χ4v) is 11.7. The first-order valence-electron chi connectivity index (χ1n) is 23.7. The number of benzene rings is 12. The van der Waals surface area contributed by atoms with Gasteiger partial charge in [-0.05, 0) is 162 Å². The lowest BCUT2D eigenvalue weighted by molar-refractivity contribution is 1.54. The Morgan fingerprint density at radius 3 is 0.926 bits per heavy atom. The molecular weight excluding hydrogens is 817 g/mol. The van der Waals surface area contributed by atoms with Crippen LogP contribution in [0.2, 0.25) is 0 Å². The van der Waals surface area contributed by atoms with Gasteiger partial charge in [0.2, 0.25) is 0 Å². The molecule has 68 heavy (non-hydrogen) atoms. The van der Waals surface area contributed by atoms with E-state index >= 15 is 0 Å². The van der Waals surface area contributed by atoms with Crippen molar-refractivity contribution in [2.75, 3.05) is 0 Å². The van der Waals surface area contributed by atoms with Crippen molar-refractivity contribution in [3.05, 3.63) is 255 Å². The minimum Gasteiger partial charge on any atom is -0.0622 e. The Morgan fingerprint density at radius 1 is 0.147 bits per heavy atom. The van der Waals surface area contributed by atoms with Crippen molar-refractivity contribution in [3.63, 3.8) is 0 Å². The van der Waals surface area contributed by atoms with Gasteiger partial charge in [0.1, 0.15) is 0 Å². The molecule has 0 saturated heterocycles. The smallest absolute Gasteiger partial charge is 0.000763 e. The lowest BCUT2D eigenvalue weighted by Gasteiger charge is -2.23. The average Bonchev–Trinajstić information content (AvgIpc) is 3.94. The Hall–Kier alpha value is -8.84. The molecule has 0 unspecified atom stereocenters. The Balaban J connectivity index is 1.04. The van der Waals surface area contributed by atoms with E-state index in [4.69, 9.17) is 0 Å². The van der Waals surface area contributed by atoms with E-state index in [1.807, 2.05) is 0 Å². The highest BCUT2D eigenvalue weighted by Crippen LogP contribution is 2.59. The Bertz CT molecular complexity index is 3960. The van der Waals surface area contributed by atoms with Crippen LogP contribution in [0.5, 0.6) is 0 Å². The normalized spacial score (nSPS) is 11.8. The molecule has 0 heterocycles. The first kappa shape index (κ1) is 38.4. The summed E-state index contributed by atoms with van der Waals surface area (Å²) in [5.74, 6) is 0. The summed E-state index contributed by atoms with van der Waals surface area (Å²) in [6.07, 6.45) is 0. The predicted octanol–water partition coefficient (Wildman–Crippen LogP) is 19.0. The van der Waals surface area contributed by atoms with Gasteiger partial charge in [0, 0.05) is 0 Å². The maximum absolute atomic E-state index is 2.49. The maximum atomic E-state index is 2.49. The van der Waals surface area contributed by atoms with E-state index in [1.54, 1.807) is 0 Å². The van der Waals surface area contributed by atoms with Crippen molar-refractivity contribution in [2.24, 2.45) is 0 Å². The molecule has 0 amide bonds. The minimum absolute atomic E-state index is 1.18. The summed E-state index contributed by atoms with van der Waals surface area (Å²) in [6, 6.07) is 94.6. The molecule has 314 valence electrons. The number of rotatable bonds is 7. The highest BCUT2D eigenvalue weighted by atomic mass is 14.3. The molecule has 0 aromatic heterocycles. The van der Waals surface area contributed by atoms with Crippen molar-refractivity contribution in [1.29, 1.82) is 0 Å². The summed E-state index contributed by atoms with van der Waals surface area (Å²) < 4.78 is 0. The molecule has 0 atom stereocenters. The first-order chi connectivity index (χ1) is 33.8. The van der Waals surface area contributed by atoms with Gasteiger partial charge >= 0.3 is 0 Å². The van der Waals surface area contributed by atoms with E-state index in [1.165, 1.54) is 144 Å². The van der Waals surface area contributed by atoms with Crippen LogP contribution in [0.4, 0.5) is 0 Å². The van der Waals surface area contributed by atoms with Gasteiger partial charge in [0.05, 0.1) is 0 Å². The van der Waals surface area contributed by atoms with Crippen molar-refractivity contribution in [2.45, 2.75) is 0 Å². The highest BCUT2D eigenvalue weighted by molar-refractivity contribution is 6.24. The van der Waals surface area contributed by atoms with Crippen LogP contribution in [0.1, 0.15) is 0 Å². The molecule has 0 fully saturated rings. The summed E-state index contributed by atoms with van der Waals surface area (Å²) >= 11 is 0. The molecule has 0 N–H and O–H groups in total. The molecule has 0 radical (unpaired) electrons. The van der Waals surface area contributed by atoms with Crippen LogP contribution in [0, 0.1) is 0 Å². The Kier molecular flexibility index (Phi) is 8.69. The van der Waals surface area contributed by atoms with Crippen LogP contribution < -0.4 is 0 Å². The van der Waals surface area contributed by atoms with Gasteiger partial charge in [-0.15, -0.1) is 0 Å². The maximum Gasteiger partial charge on any atom is -0.000763 e. The molecular formula is C68H42. The van der Waals surface area contributed by atoms with Crippen molar-refractivity contribution < 1.29 is 0 Å². The van der Waals surface area contributed by atoms with Crippen LogP contribution in [-0.4, -0.2) is 0 Å². The molecule has 0 saturated carbocycles. The third-order valence-electron chi connectivity index (χ3n) is 14.5. The number of hydrogen-bond acceptors (Lipinski definition) is 0. The van der Waals surface area contributed by atoms with Gasteiger partial charge in [-0.2, -0.15) is 0 Å². The monoisotopic (exact) mass is 858 g/mol. The summed E-state index contributed by atoms with van der Waals surface area (Å²) in [5.41, 5.74) is 27.5. The van der Waals surface area contributed by atoms with Crippen molar-refractivity contribution in [1.82, 2.24) is 0 Å². The molecule has 0 aliphatic heterocycles. The molecule has 0 spiro atoms. The zero-order chi connectivity index (χ0) is 44.7. The van der Waals surface area contributed by atoms with E-state index in [2.05, 4.69) is 255 Å². The summed E-state index contributed by atoms with van der Waals surface area (Å²) in [4.78, 5) is 0. The predicted molar refractivity (Wildman–Crippen MR) is 288 cm³/mol. The van der Waals surface area contributed by atoms with Crippen LogP contribution >= 0.6 is 0 Å². The van der Waals surface area contributed by atoms with Gasteiger partial charge < -0.3 is 0 Å². The van der Waals surface area contributed by atoms with Gasteiger partial charge in [0.15, 0.2) is 0 Å². The fraction of sp³-hybridized carbons (Fsp3) is 0. The molecule has 14 rings (SSSR count). The lowest BCUT2D eigenvalue weighted by atomic mass is 9.80. The molecule has 2 aliphatic rings. The fourth-order valence-electron chi connectivity index (χ4n) is 11.7. The van der Waals surface area contributed by atoms with Gasteiger partial charge in [0.25, 0.3) is 0 Å². The number of fused-ring (bicyclic) bond motifs is 6. The van der Waals surface area contributed by atoms with Gasteiger partial charge in [-0.1, -0.05) is 237 Å². The Morgan fingerprint density at radius 2 is 0.456 bits per heavy atom. The zero-order valence-corrected chi connectivity index (χ0v) is 37.2. The molecule has 12 aromatic rings. The van der Waals surface area contributed by atoms with Crippen LogP contribution in [-0.2, 0) is 0 Å². The second-order valence-corrected chi connectivity index (χ2v) is 18.2. The van der Waals surface area contributed by atoms with E-state index in [9.17, 15) is 0 Å². The number of hydrogen-bond donors (Lipinski definition) is 0. The molecule has 12 aromatic carbocycles. The second kappa shape index (κ2) is 15.4. The second-order valence-electron chi connectivity index (χ2n) is 18.2. The lowest BCUT2D eigenvalue weighted by Crippen LogP contribution is -1.96. The minimum atomic E-state index is 1.18. The molecule has 0 nitrogen and oxygen atoms in total. The third-order valence-corrected chi connectivity index (χ3v) is 14.5. The van der Waals surface area contributed by atoms with Gasteiger partial charge in [-0.3, -0.25) is 0 Å². The van der Waals surface area contributed by atoms with Crippen LogP contribution in [0.15, 0.2) is 255 Å². The van der Waals surface area contributed by atoms with Crippen LogP contribution in [0.3, 0.4) is 0 Å². The molecule has 0 bridgehead atoms. The topological polar surface area (TPSA) is 0 Å². The standard InChI is InChI=1S/C68H42/c1-5-20-43(21-6-1)57-41-59(63(47-24-9-3-10-25-47)67-55-38-18-30-45-28-16-36-53(61(45)55)65(57)67)50-33-15-32-49(40-50)51-34-13-14-35-52(51)60-42-58(44-22-7-2-8-23-44)66-54-37-17-29-46-31-19-39-56(62(46)54)68(66)64(60)48-26-11-4-12-27-48/h1-42H. The van der Waals surface area contributed by atoms with Crippen molar-refractivity contribution >= 4 is 21.5 Å². The van der Waals surface area contributed by atoms with E-state index in [0.717, 1.165) is 0 Å². The van der Waals surface area contributed by atoms with E-state index < -0.39 is 0 Å². The Labute approximate surface area is 396 Å².